The van der Waals surface area contributed by atoms with Crippen LogP contribution in [-0.4, -0.2) is 32.2 Å². The van der Waals surface area contributed by atoms with Gasteiger partial charge in [0.1, 0.15) is 4.90 Å². The monoisotopic (exact) mass is 314 g/mol. The van der Waals surface area contributed by atoms with Crippen LogP contribution in [0.2, 0.25) is 0 Å². The Morgan fingerprint density at radius 3 is 2.81 bits per heavy atom. The first-order valence-electron chi connectivity index (χ1n) is 7.62. The van der Waals surface area contributed by atoms with Gasteiger partial charge in [0.15, 0.2) is 0 Å². The third-order valence-electron chi connectivity index (χ3n) is 4.18. The highest BCUT2D eigenvalue weighted by molar-refractivity contribution is 7.89. The molecule has 3 N–H and O–H groups in total. The van der Waals surface area contributed by atoms with Gasteiger partial charge in [-0.25, -0.2) is 13.1 Å². The van der Waals surface area contributed by atoms with Gasteiger partial charge in [0.2, 0.25) is 10.0 Å². The lowest BCUT2D eigenvalue weighted by atomic mass is 9.83. The van der Waals surface area contributed by atoms with Gasteiger partial charge in [0.25, 0.3) is 0 Å². The largest absolute Gasteiger partial charge is 0.314 e. The maximum absolute atomic E-state index is 12.5. The van der Waals surface area contributed by atoms with Crippen LogP contribution in [0.4, 0.5) is 0 Å². The maximum atomic E-state index is 12.5. The number of nitrogens with zero attached hydrogens (tertiary/aromatic N) is 1. The Morgan fingerprint density at radius 2 is 2.14 bits per heavy atom. The summed E-state index contributed by atoms with van der Waals surface area (Å²) in [4.78, 5) is 0.292. The van der Waals surface area contributed by atoms with Crippen LogP contribution >= 0.6 is 0 Å². The summed E-state index contributed by atoms with van der Waals surface area (Å²) in [5.41, 5.74) is 1.13. The van der Waals surface area contributed by atoms with Crippen molar-refractivity contribution in [3.63, 3.8) is 0 Å². The summed E-state index contributed by atoms with van der Waals surface area (Å²) in [6.07, 6.45) is 4.68. The zero-order valence-electron chi connectivity index (χ0n) is 13.1. The first-order valence-corrected chi connectivity index (χ1v) is 9.10. The van der Waals surface area contributed by atoms with Crippen LogP contribution in [0, 0.1) is 18.8 Å². The van der Waals surface area contributed by atoms with Crippen molar-refractivity contribution in [2.24, 2.45) is 11.8 Å². The van der Waals surface area contributed by atoms with Gasteiger partial charge < -0.3 is 5.32 Å². The van der Waals surface area contributed by atoms with Gasteiger partial charge in [-0.1, -0.05) is 19.8 Å². The summed E-state index contributed by atoms with van der Waals surface area (Å²) in [6.45, 7) is 4.94. The molecule has 2 unspecified atom stereocenters. The van der Waals surface area contributed by atoms with Crippen molar-refractivity contribution >= 4 is 10.0 Å². The van der Waals surface area contributed by atoms with E-state index >= 15 is 0 Å². The van der Waals surface area contributed by atoms with E-state index in [0.29, 0.717) is 41.2 Å². The lowest BCUT2D eigenvalue weighted by Crippen LogP contribution is -2.32. The minimum absolute atomic E-state index is 0.292. The van der Waals surface area contributed by atoms with Crippen LogP contribution < -0.4 is 10.0 Å². The number of hydrogen-bond donors (Lipinski definition) is 3. The molecule has 1 aliphatic rings. The first-order chi connectivity index (χ1) is 9.94. The molecule has 2 rings (SSSR count). The highest BCUT2D eigenvalue weighted by atomic mass is 32.2. The molecule has 0 aliphatic heterocycles. The first kappa shape index (κ1) is 16.5. The Labute approximate surface area is 127 Å². The average Bonchev–Trinajstić information content (AvgIpc) is 2.79. The van der Waals surface area contributed by atoms with Crippen molar-refractivity contribution in [1.29, 1.82) is 0 Å². The van der Waals surface area contributed by atoms with Crippen molar-refractivity contribution < 1.29 is 8.42 Å². The molecule has 7 heteroatoms. The Morgan fingerprint density at radius 1 is 1.38 bits per heavy atom. The molecule has 120 valence electrons. The Hall–Kier alpha value is -0.920. The number of aromatic amines is 1. The van der Waals surface area contributed by atoms with Gasteiger partial charge in [0, 0.05) is 13.1 Å². The van der Waals surface area contributed by atoms with Crippen LogP contribution in [0.15, 0.2) is 4.90 Å². The Bertz CT molecular complexity index is 568. The number of rotatable bonds is 6. The second kappa shape index (κ2) is 6.89. The second-order valence-electron chi connectivity index (χ2n) is 6.14. The number of hydrogen-bond acceptors (Lipinski definition) is 4. The van der Waals surface area contributed by atoms with Crippen LogP contribution in [0.25, 0.3) is 0 Å². The topological polar surface area (TPSA) is 86.9 Å². The smallest absolute Gasteiger partial charge is 0.244 e. The number of H-pyrrole nitrogens is 1. The molecule has 1 aromatic heterocycles. The average molecular weight is 314 g/mol. The quantitative estimate of drug-likeness (QED) is 0.743. The molecule has 1 heterocycles. The zero-order valence-corrected chi connectivity index (χ0v) is 13.9. The molecular weight excluding hydrogens is 288 g/mol. The van der Waals surface area contributed by atoms with E-state index in [1.807, 2.05) is 0 Å². The number of aromatic nitrogens is 2. The molecule has 1 aromatic rings. The van der Waals surface area contributed by atoms with E-state index in [2.05, 4.69) is 27.2 Å². The highest BCUT2D eigenvalue weighted by Gasteiger charge is 2.26. The molecule has 0 saturated heterocycles. The Kier molecular flexibility index (Phi) is 5.40. The maximum Gasteiger partial charge on any atom is 0.244 e. The van der Waals surface area contributed by atoms with Gasteiger partial charge in [-0.3, -0.25) is 5.10 Å². The summed E-state index contributed by atoms with van der Waals surface area (Å²) in [7, 11) is -1.73. The molecule has 21 heavy (non-hydrogen) atoms. The molecule has 1 fully saturated rings. The molecule has 2 atom stereocenters. The van der Waals surface area contributed by atoms with Crippen LogP contribution in [-0.2, 0) is 16.6 Å². The summed E-state index contributed by atoms with van der Waals surface area (Å²) in [6, 6.07) is 0. The van der Waals surface area contributed by atoms with Crippen molar-refractivity contribution in [2.45, 2.75) is 51.0 Å². The SMILES string of the molecule is CNCc1n[nH]c(C)c1S(=O)(=O)NCC1CCCC(C)C1. The van der Waals surface area contributed by atoms with E-state index in [9.17, 15) is 8.42 Å². The van der Waals surface area contributed by atoms with E-state index < -0.39 is 10.0 Å². The standard InChI is InChI=1S/C14H26N4O2S/c1-10-5-4-6-12(7-10)8-16-21(19,20)14-11(2)17-18-13(14)9-15-3/h10,12,15-16H,4-9H2,1-3H3,(H,17,18). The van der Waals surface area contributed by atoms with Crippen LogP contribution in [0.3, 0.4) is 0 Å². The zero-order chi connectivity index (χ0) is 15.5. The van der Waals surface area contributed by atoms with Gasteiger partial charge in [-0.15, -0.1) is 0 Å². The lowest BCUT2D eigenvalue weighted by Gasteiger charge is -2.26. The van der Waals surface area contributed by atoms with Crippen molar-refractivity contribution in [1.82, 2.24) is 20.2 Å². The molecule has 1 aliphatic carbocycles. The van der Waals surface area contributed by atoms with Crippen molar-refractivity contribution in [3.05, 3.63) is 11.4 Å². The third-order valence-corrected chi connectivity index (χ3v) is 5.81. The van der Waals surface area contributed by atoms with Gasteiger partial charge in [-0.2, -0.15) is 5.10 Å². The fraction of sp³-hybridized carbons (Fsp3) is 0.786. The second-order valence-corrected chi connectivity index (χ2v) is 7.85. The molecule has 0 radical (unpaired) electrons. The van der Waals surface area contributed by atoms with Crippen molar-refractivity contribution in [2.75, 3.05) is 13.6 Å². The van der Waals surface area contributed by atoms with Crippen molar-refractivity contribution in [3.8, 4) is 0 Å². The van der Waals surface area contributed by atoms with E-state index in [4.69, 9.17) is 0 Å². The normalized spacial score (nSPS) is 23.4. The molecule has 0 spiro atoms. The van der Waals surface area contributed by atoms with Crippen LogP contribution in [0.5, 0.6) is 0 Å². The van der Waals surface area contributed by atoms with Gasteiger partial charge >= 0.3 is 0 Å². The summed E-state index contributed by atoms with van der Waals surface area (Å²) < 4.78 is 27.8. The van der Waals surface area contributed by atoms with E-state index in [1.165, 1.54) is 12.8 Å². The molecule has 6 nitrogen and oxygen atoms in total. The predicted molar refractivity (Wildman–Crippen MR) is 82.4 cm³/mol. The summed E-state index contributed by atoms with van der Waals surface area (Å²) in [5, 5.41) is 9.78. The lowest BCUT2D eigenvalue weighted by molar-refractivity contribution is 0.283. The predicted octanol–water partition coefficient (Wildman–Crippen LogP) is 1.54. The van der Waals surface area contributed by atoms with Gasteiger partial charge in [0.05, 0.1) is 11.4 Å². The minimum atomic E-state index is -3.50. The third kappa shape index (κ3) is 4.05. The summed E-state index contributed by atoms with van der Waals surface area (Å²) >= 11 is 0. The molecule has 0 amide bonds. The van der Waals surface area contributed by atoms with E-state index in [0.717, 1.165) is 12.8 Å². The highest BCUT2D eigenvalue weighted by Crippen LogP contribution is 2.28. The Balaban J connectivity index is 2.06. The van der Waals surface area contributed by atoms with E-state index in [-0.39, 0.29) is 0 Å². The van der Waals surface area contributed by atoms with Gasteiger partial charge in [-0.05, 0) is 38.6 Å². The number of aryl methyl sites for hydroxylation is 1. The fourth-order valence-corrected chi connectivity index (χ4v) is 4.63. The molecule has 0 bridgehead atoms. The number of nitrogens with one attached hydrogen (secondary N) is 3. The fourth-order valence-electron chi connectivity index (χ4n) is 3.16. The molecule has 0 aromatic carbocycles. The number of sulfonamides is 1. The minimum Gasteiger partial charge on any atom is -0.314 e. The molecular formula is C14H26N4O2S. The molecule has 1 saturated carbocycles. The van der Waals surface area contributed by atoms with Crippen LogP contribution in [0.1, 0.15) is 44.0 Å². The summed E-state index contributed by atoms with van der Waals surface area (Å²) in [5.74, 6) is 1.15. The van der Waals surface area contributed by atoms with E-state index in [1.54, 1.807) is 14.0 Å².